The number of aryl methyl sites for hydroxylation is 2. The van der Waals surface area contributed by atoms with Gasteiger partial charge in [-0.1, -0.05) is 29.8 Å². The molecule has 2 N–H and O–H groups in total. The minimum Gasteiger partial charge on any atom is -0.322 e. The predicted molar refractivity (Wildman–Crippen MR) is 113 cm³/mol. The number of nitrogens with zero attached hydrogens (tertiary/aromatic N) is 1. The first-order valence-corrected chi connectivity index (χ1v) is 9.09. The number of rotatable bonds is 5. The molecule has 0 saturated heterocycles. The smallest absolute Gasteiger partial charge is 0.257 e. The number of aromatic nitrogens is 1. The molecule has 6 nitrogen and oxygen atoms in total. The van der Waals surface area contributed by atoms with Gasteiger partial charge < -0.3 is 10.6 Å². The third-order valence-electron chi connectivity index (χ3n) is 4.42. The zero-order valence-corrected chi connectivity index (χ0v) is 16.4. The first-order valence-electron chi connectivity index (χ1n) is 9.09. The van der Waals surface area contributed by atoms with Gasteiger partial charge in [0.25, 0.3) is 11.8 Å². The van der Waals surface area contributed by atoms with Crippen LogP contribution < -0.4 is 10.6 Å². The van der Waals surface area contributed by atoms with E-state index < -0.39 is 5.91 Å². The zero-order valence-electron chi connectivity index (χ0n) is 16.4. The number of Topliss-reactive ketones (excluding diaryl/α,β-unsaturated/α-hetero) is 1. The molecule has 0 radical (unpaired) electrons. The van der Waals surface area contributed by atoms with Crippen molar-refractivity contribution in [2.75, 3.05) is 10.6 Å². The van der Waals surface area contributed by atoms with E-state index in [-0.39, 0.29) is 22.8 Å². The minimum atomic E-state index is -0.417. The summed E-state index contributed by atoms with van der Waals surface area (Å²) in [4.78, 5) is 40.7. The molecule has 0 aliphatic heterocycles. The van der Waals surface area contributed by atoms with Gasteiger partial charge in [0.05, 0.1) is 11.1 Å². The summed E-state index contributed by atoms with van der Waals surface area (Å²) < 4.78 is 0. The second kappa shape index (κ2) is 8.48. The van der Waals surface area contributed by atoms with Crippen LogP contribution in [-0.2, 0) is 0 Å². The number of ketones is 1. The molecule has 0 atom stereocenters. The fourth-order valence-electron chi connectivity index (χ4n) is 2.86. The van der Waals surface area contributed by atoms with Gasteiger partial charge in [-0.25, -0.2) is 0 Å². The highest BCUT2D eigenvalue weighted by Crippen LogP contribution is 2.18. The van der Waals surface area contributed by atoms with Crippen LogP contribution in [-0.4, -0.2) is 22.6 Å². The van der Waals surface area contributed by atoms with Crippen LogP contribution in [0.2, 0.25) is 0 Å². The normalized spacial score (nSPS) is 10.3. The summed E-state index contributed by atoms with van der Waals surface area (Å²) in [6.45, 7) is 5.36. The second-order valence-electron chi connectivity index (χ2n) is 6.83. The van der Waals surface area contributed by atoms with Gasteiger partial charge in [-0.15, -0.1) is 0 Å². The van der Waals surface area contributed by atoms with Crippen molar-refractivity contribution in [3.8, 4) is 0 Å². The van der Waals surface area contributed by atoms with Gasteiger partial charge >= 0.3 is 0 Å². The van der Waals surface area contributed by atoms with Crippen LogP contribution in [0.5, 0.6) is 0 Å². The molecule has 1 aromatic heterocycles. The number of hydrogen-bond donors (Lipinski definition) is 2. The third-order valence-corrected chi connectivity index (χ3v) is 4.42. The van der Waals surface area contributed by atoms with E-state index in [1.807, 2.05) is 32.0 Å². The molecule has 3 aromatic rings. The highest BCUT2D eigenvalue weighted by Gasteiger charge is 2.13. The molecule has 29 heavy (non-hydrogen) atoms. The summed E-state index contributed by atoms with van der Waals surface area (Å²) >= 11 is 0. The van der Waals surface area contributed by atoms with Gasteiger partial charge in [-0.3, -0.25) is 19.4 Å². The number of carbonyl (C=O) groups excluding carboxylic acids is 3. The molecule has 146 valence electrons. The number of carbonyl (C=O) groups is 3. The molecular formula is C23H21N3O3. The lowest BCUT2D eigenvalue weighted by atomic mass is 10.1. The lowest BCUT2D eigenvalue weighted by molar-refractivity contribution is 0.100. The van der Waals surface area contributed by atoms with Crippen LogP contribution in [0.3, 0.4) is 0 Å². The molecule has 3 rings (SSSR count). The van der Waals surface area contributed by atoms with Gasteiger partial charge in [-0.05, 0) is 50.6 Å². The molecule has 2 aromatic carbocycles. The van der Waals surface area contributed by atoms with Gasteiger partial charge in [0, 0.05) is 29.3 Å². The Labute approximate surface area is 169 Å². The monoisotopic (exact) mass is 387 g/mol. The maximum Gasteiger partial charge on any atom is 0.257 e. The second-order valence-corrected chi connectivity index (χ2v) is 6.83. The van der Waals surface area contributed by atoms with Gasteiger partial charge in [0.2, 0.25) is 0 Å². The SMILES string of the molecule is CC(=O)c1cccc(NC(=O)c2cncc(C(=O)Nc3ccc(C)cc3C)c2)c1. The number of amides is 2. The summed E-state index contributed by atoms with van der Waals surface area (Å²) in [5, 5.41) is 5.56. The van der Waals surface area contributed by atoms with E-state index in [0.29, 0.717) is 16.9 Å². The summed E-state index contributed by atoms with van der Waals surface area (Å²) in [6, 6.07) is 13.9. The largest absolute Gasteiger partial charge is 0.322 e. The van der Waals surface area contributed by atoms with E-state index in [9.17, 15) is 14.4 Å². The van der Waals surface area contributed by atoms with E-state index in [4.69, 9.17) is 0 Å². The van der Waals surface area contributed by atoms with Gasteiger partial charge in [0.1, 0.15) is 0 Å². The third kappa shape index (κ3) is 4.93. The number of hydrogen-bond acceptors (Lipinski definition) is 4. The van der Waals surface area contributed by atoms with Gasteiger partial charge in [0.15, 0.2) is 5.78 Å². The molecule has 0 saturated carbocycles. The summed E-state index contributed by atoms with van der Waals surface area (Å²) in [5.41, 5.74) is 4.27. The molecule has 2 amide bonds. The quantitative estimate of drug-likeness (QED) is 0.635. The van der Waals surface area contributed by atoms with Crippen LogP contribution >= 0.6 is 0 Å². The summed E-state index contributed by atoms with van der Waals surface area (Å²) in [7, 11) is 0. The van der Waals surface area contributed by atoms with Crippen molar-refractivity contribution >= 4 is 29.0 Å². The van der Waals surface area contributed by atoms with Crippen molar-refractivity contribution in [2.45, 2.75) is 20.8 Å². The Kier molecular flexibility index (Phi) is 5.83. The summed E-state index contributed by atoms with van der Waals surface area (Å²) in [6.07, 6.45) is 2.80. The fourth-order valence-corrected chi connectivity index (χ4v) is 2.86. The molecule has 0 unspecified atom stereocenters. The molecule has 0 spiro atoms. The van der Waals surface area contributed by atoms with Crippen molar-refractivity contribution < 1.29 is 14.4 Å². The average Bonchev–Trinajstić information content (AvgIpc) is 2.70. The minimum absolute atomic E-state index is 0.0900. The Bertz CT molecular complexity index is 1110. The van der Waals surface area contributed by atoms with Crippen LogP contribution in [0.1, 0.15) is 49.1 Å². The van der Waals surface area contributed by atoms with Crippen LogP contribution in [0, 0.1) is 13.8 Å². The number of pyridine rings is 1. The van der Waals surface area contributed by atoms with Gasteiger partial charge in [-0.2, -0.15) is 0 Å². The van der Waals surface area contributed by atoms with E-state index in [1.54, 1.807) is 24.3 Å². The molecular weight excluding hydrogens is 366 g/mol. The van der Waals surface area contributed by atoms with E-state index in [2.05, 4.69) is 15.6 Å². The first kappa shape index (κ1) is 19.9. The van der Waals surface area contributed by atoms with Crippen molar-refractivity contribution in [1.82, 2.24) is 4.98 Å². The maximum absolute atomic E-state index is 12.6. The topological polar surface area (TPSA) is 88.2 Å². The average molecular weight is 387 g/mol. The Morgan fingerprint density at radius 1 is 0.793 bits per heavy atom. The Morgan fingerprint density at radius 3 is 2.14 bits per heavy atom. The van der Waals surface area contributed by atoms with Crippen molar-refractivity contribution in [2.24, 2.45) is 0 Å². The summed E-state index contributed by atoms with van der Waals surface area (Å²) in [5.74, 6) is -0.857. The van der Waals surface area contributed by atoms with Crippen LogP contribution in [0.4, 0.5) is 11.4 Å². The Balaban J connectivity index is 1.76. The van der Waals surface area contributed by atoms with Crippen LogP contribution in [0.25, 0.3) is 0 Å². The molecule has 0 aliphatic carbocycles. The van der Waals surface area contributed by atoms with E-state index in [1.165, 1.54) is 25.4 Å². The Hall–Kier alpha value is -3.80. The number of anilines is 2. The molecule has 0 fully saturated rings. The van der Waals surface area contributed by atoms with Crippen molar-refractivity contribution in [1.29, 1.82) is 0 Å². The number of nitrogens with one attached hydrogen (secondary N) is 2. The molecule has 6 heteroatoms. The maximum atomic E-state index is 12.6. The lowest BCUT2D eigenvalue weighted by Gasteiger charge is -2.10. The van der Waals surface area contributed by atoms with Crippen molar-refractivity contribution in [3.05, 3.63) is 88.7 Å². The molecule has 1 heterocycles. The molecule has 0 aliphatic rings. The van der Waals surface area contributed by atoms with Crippen LogP contribution in [0.15, 0.2) is 60.9 Å². The highest BCUT2D eigenvalue weighted by atomic mass is 16.2. The van der Waals surface area contributed by atoms with E-state index >= 15 is 0 Å². The highest BCUT2D eigenvalue weighted by molar-refractivity contribution is 6.08. The fraction of sp³-hybridized carbons (Fsp3) is 0.130. The lowest BCUT2D eigenvalue weighted by Crippen LogP contribution is -2.16. The zero-order chi connectivity index (χ0) is 21.0. The first-order chi connectivity index (χ1) is 13.8. The molecule has 0 bridgehead atoms. The standard InChI is InChI=1S/C23H21N3O3/c1-14-7-8-21(15(2)9-14)26-23(29)19-10-18(12-24-13-19)22(28)25-20-6-4-5-17(11-20)16(3)27/h4-13H,1-3H3,(H,25,28)(H,26,29). The van der Waals surface area contributed by atoms with Crippen molar-refractivity contribution in [3.63, 3.8) is 0 Å². The number of benzene rings is 2. The predicted octanol–water partition coefficient (Wildman–Crippen LogP) is 4.41. The van der Waals surface area contributed by atoms with E-state index in [0.717, 1.165) is 11.1 Å². The Morgan fingerprint density at radius 2 is 1.48 bits per heavy atom.